The minimum absolute atomic E-state index is 0.113. The molecule has 1 heterocycles. The van der Waals surface area contributed by atoms with Crippen molar-refractivity contribution in [2.24, 2.45) is 0 Å². The summed E-state index contributed by atoms with van der Waals surface area (Å²) in [5.74, 6) is -0.113. The first-order valence-electron chi connectivity index (χ1n) is 5.29. The summed E-state index contributed by atoms with van der Waals surface area (Å²) in [5, 5.41) is 9.54. The first-order valence-corrected chi connectivity index (χ1v) is 6.46. The summed E-state index contributed by atoms with van der Waals surface area (Å²) in [4.78, 5) is 13.9. The number of likely N-dealkylation sites (tertiary alicyclic amines) is 1. The second-order valence-corrected chi connectivity index (χ2v) is 5.20. The number of halogens is 2. The Morgan fingerprint density at radius 3 is 3.00 bits per heavy atom. The van der Waals surface area contributed by atoms with Gasteiger partial charge in [-0.15, -0.1) is 0 Å². The SMILES string of the molecule is N#CC1CCCN1C(=O)c1ccc(Cl)cc1Br. The van der Waals surface area contributed by atoms with E-state index < -0.39 is 0 Å². The third kappa shape index (κ3) is 2.46. The molecule has 1 fully saturated rings. The zero-order valence-electron chi connectivity index (χ0n) is 8.99. The lowest BCUT2D eigenvalue weighted by Gasteiger charge is -2.20. The van der Waals surface area contributed by atoms with E-state index in [9.17, 15) is 4.79 Å². The normalized spacial score (nSPS) is 19.1. The monoisotopic (exact) mass is 312 g/mol. The van der Waals surface area contributed by atoms with Gasteiger partial charge in [-0.1, -0.05) is 11.6 Å². The molecule has 1 atom stereocenters. The minimum Gasteiger partial charge on any atom is -0.323 e. The van der Waals surface area contributed by atoms with E-state index in [4.69, 9.17) is 16.9 Å². The molecule has 0 radical (unpaired) electrons. The smallest absolute Gasteiger partial charge is 0.256 e. The third-order valence-electron chi connectivity index (χ3n) is 2.82. The molecular formula is C12H10BrClN2O. The maximum atomic E-state index is 12.3. The van der Waals surface area contributed by atoms with Crippen molar-refractivity contribution in [1.82, 2.24) is 4.90 Å². The van der Waals surface area contributed by atoms with Gasteiger partial charge in [0, 0.05) is 16.0 Å². The van der Waals surface area contributed by atoms with E-state index in [1.165, 1.54) is 0 Å². The number of amides is 1. The molecule has 5 heteroatoms. The van der Waals surface area contributed by atoms with E-state index in [-0.39, 0.29) is 11.9 Å². The van der Waals surface area contributed by atoms with Crippen LogP contribution in [0.4, 0.5) is 0 Å². The van der Waals surface area contributed by atoms with E-state index in [0.717, 1.165) is 12.8 Å². The molecule has 1 aliphatic heterocycles. The number of hydrogen-bond acceptors (Lipinski definition) is 2. The molecule has 1 saturated heterocycles. The van der Waals surface area contributed by atoms with Crippen molar-refractivity contribution in [1.29, 1.82) is 5.26 Å². The molecule has 17 heavy (non-hydrogen) atoms. The van der Waals surface area contributed by atoms with Gasteiger partial charge in [0.2, 0.25) is 0 Å². The van der Waals surface area contributed by atoms with Crippen molar-refractivity contribution in [3.63, 3.8) is 0 Å². The fourth-order valence-corrected chi connectivity index (χ4v) is 2.81. The van der Waals surface area contributed by atoms with Gasteiger partial charge in [-0.3, -0.25) is 4.79 Å². The van der Waals surface area contributed by atoms with Crippen LogP contribution in [0.1, 0.15) is 23.2 Å². The number of hydrogen-bond donors (Lipinski definition) is 0. The first-order chi connectivity index (χ1) is 8.13. The zero-order chi connectivity index (χ0) is 12.4. The van der Waals surface area contributed by atoms with Crippen molar-refractivity contribution in [3.05, 3.63) is 33.3 Å². The van der Waals surface area contributed by atoms with Crippen LogP contribution in [0.3, 0.4) is 0 Å². The van der Waals surface area contributed by atoms with Crippen LogP contribution in [-0.2, 0) is 0 Å². The van der Waals surface area contributed by atoms with Crippen LogP contribution in [0, 0.1) is 11.3 Å². The molecule has 1 aromatic carbocycles. The summed E-state index contributed by atoms with van der Waals surface area (Å²) in [6.45, 7) is 0.645. The van der Waals surface area contributed by atoms with Crippen LogP contribution < -0.4 is 0 Å². The fourth-order valence-electron chi connectivity index (χ4n) is 1.96. The number of carbonyl (C=O) groups is 1. The largest absolute Gasteiger partial charge is 0.323 e. The van der Waals surface area contributed by atoms with Crippen molar-refractivity contribution in [2.45, 2.75) is 18.9 Å². The van der Waals surface area contributed by atoms with Gasteiger partial charge in [0.25, 0.3) is 5.91 Å². The lowest BCUT2D eigenvalue weighted by atomic mass is 10.2. The summed E-state index contributed by atoms with van der Waals surface area (Å²) < 4.78 is 0.665. The van der Waals surface area contributed by atoms with E-state index in [1.54, 1.807) is 23.1 Å². The average Bonchev–Trinajstić information content (AvgIpc) is 2.76. The molecule has 0 N–H and O–H groups in total. The molecular weight excluding hydrogens is 304 g/mol. The second-order valence-electron chi connectivity index (χ2n) is 3.91. The number of benzene rings is 1. The predicted octanol–water partition coefficient (Wildman–Crippen LogP) is 3.23. The highest BCUT2D eigenvalue weighted by Crippen LogP contribution is 2.26. The number of rotatable bonds is 1. The highest BCUT2D eigenvalue weighted by Gasteiger charge is 2.30. The van der Waals surface area contributed by atoms with E-state index in [1.807, 2.05) is 0 Å². The molecule has 1 unspecified atom stereocenters. The molecule has 1 aromatic rings. The highest BCUT2D eigenvalue weighted by molar-refractivity contribution is 9.10. The van der Waals surface area contributed by atoms with Gasteiger partial charge < -0.3 is 4.90 Å². The minimum atomic E-state index is -0.301. The maximum Gasteiger partial charge on any atom is 0.256 e. The molecule has 0 saturated carbocycles. The van der Waals surface area contributed by atoms with Crippen LogP contribution in [0.25, 0.3) is 0 Å². The Balaban J connectivity index is 2.28. The fraction of sp³-hybridized carbons (Fsp3) is 0.333. The maximum absolute atomic E-state index is 12.3. The average molecular weight is 314 g/mol. The van der Waals surface area contributed by atoms with Gasteiger partial charge in [-0.05, 0) is 47.0 Å². The van der Waals surface area contributed by atoms with Crippen molar-refractivity contribution in [3.8, 4) is 6.07 Å². The Bertz CT molecular complexity index is 498. The summed E-state index contributed by atoms with van der Waals surface area (Å²) in [6, 6.07) is 6.90. The van der Waals surface area contributed by atoms with E-state index in [0.29, 0.717) is 21.6 Å². The van der Waals surface area contributed by atoms with Gasteiger partial charge in [-0.25, -0.2) is 0 Å². The van der Waals surface area contributed by atoms with Gasteiger partial charge in [0.05, 0.1) is 11.6 Å². The summed E-state index contributed by atoms with van der Waals surface area (Å²) in [6.07, 6.45) is 1.64. The molecule has 2 rings (SSSR count). The van der Waals surface area contributed by atoms with Gasteiger partial charge in [0.15, 0.2) is 0 Å². The van der Waals surface area contributed by atoms with Crippen LogP contribution >= 0.6 is 27.5 Å². The number of carbonyl (C=O) groups excluding carboxylic acids is 1. The topological polar surface area (TPSA) is 44.1 Å². The Morgan fingerprint density at radius 2 is 2.35 bits per heavy atom. The molecule has 1 amide bonds. The van der Waals surface area contributed by atoms with Gasteiger partial charge >= 0.3 is 0 Å². The molecule has 0 bridgehead atoms. The molecule has 1 aliphatic rings. The lowest BCUT2D eigenvalue weighted by Crippen LogP contribution is -2.34. The van der Waals surface area contributed by atoms with Gasteiger partial charge in [-0.2, -0.15) is 5.26 Å². The zero-order valence-corrected chi connectivity index (χ0v) is 11.3. The molecule has 0 aromatic heterocycles. The summed E-state index contributed by atoms with van der Waals surface area (Å²) >= 11 is 9.15. The Morgan fingerprint density at radius 1 is 1.59 bits per heavy atom. The summed E-state index contributed by atoms with van der Waals surface area (Å²) in [7, 11) is 0. The number of nitrogens with zero attached hydrogens (tertiary/aromatic N) is 2. The second kappa shape index (κ2) is 5.07. The van der Waals surface area contributed by atoms with E-state index >= 15 is 0 Å². The quantitative estimate of drug-likeness (QED) is 0.799. The highest BCUT2D eigenvalue weighted by atomic mass is 79.9. The predicted molar refractivity (Wildman–Crippen MR) is 68.8 cm³/mol. The number of nitriles is 1. The van der Waals surface area contributed by atoms with Crippen LogP contribution in [-0.4, -0.2) is 23.4 Å². The van der Waals surface area contributed by atoms with Crippen molar-refractivity contribution in [2.75, 3.05) is 6.54 Å². The van der Waals surface area contributed by atoms with Crippen LogP contribution in [0.5, 0.6) is 0 Å². The molecule has 88 valence electrons. The van der Waals surface area contributed by atoms with Crippen LogP contribution in [0.15, 0.2) is 22.7 Å². The first kappa shape index (κ1) is 12.4. The Hall–Kier alpha value is -1.05. The standard InChI is InChI=1S/C12H10BrClN2O/c13-11-6-8(14)3-4-10(11)12(17)16-5-1-2-9(16)7-15/h3-4,6,9H,1-2,5H2. The molecule has 0 spiro atoms. The Labute approximate surface area is 113 Å². The Kier molecular flexibility index (Phi) is 3.70. The lowest BCUT2D eigenvalue weighted by molar-refractivity contribution is 0.0764. The van der Waals surface area contributed by atoms with Gasteiger partial charge in [0.1, 0.15) is 6.04 Å². The molecule has 3 nitrogen and oxygen atoms in total. The van der Waals surface area contributed by atoms with Crippen LogP contribution in [0.2, 0.25) is 5.02 Å². The summed E-state index contributed by atoms with van der Waals surface area (Å²) in [5.41, 5.74) is 0.552. The van der Waals surface area contributed by atoms with E-state index in [2.05, 4.69) is 22.0 Å². The molecule has 0 aliphatic carbocycles. The third-order valence-corrected chi connectivity index (χ3v) is 3.72. The van der Waals surface area contributed by atoms with Crippen molar-refractivity contribution < 1.29 is 4.79 Å². The van der Waals surface area contributed by atoms with Crippen molar-refractivity contribution >= 4 is 33.4 Å².